The fourth-order valence-electron chi connectivity index (χ4n) is 3.53. The molecule has 134 valence electrons. The number of benzene rings is 1. The Kier molecular flexibility index (Phi) is 5.74. The average molecular weight is 340 g/mol. The van der Waals surface area contributed by atoms with Crippen LogP contribution in [0.2, 0.25) is 0 Å². The number of amides is 2. The molecular weight excluding hydrogens is 312 g/mol. The zero-order valence-corrected chi connectivity index (χ0v) is 15.2. The van der Waals surface area contributed by atoms with Gasteiger partial charge in [-0.25, -0.2) is 4.79 Å². The third-order valence-electron chi connectivity index (χ3n) is 5.16. The maximum atomic E-state index is 12.4. The van der Waals surface area contributed by atoms with Crippen molar-refractivity contribution >= 4 is 11.8 Å². The van der Waals surface area contributed by atoms with E-state index in [1.165, 1.54) is 12.0 Å². The monoisotopic (exact) mass is 340 g/mol. The number of piperidine rings is 1. The van der Waals surface area contributed by atoms with Crippen molar-refractivity contribution in [3.05, 3.63) is 47.7 Å². The summed E-state index contributed by atoms with van der Waals surface area (Å²) in [6.45, 7) is 3.75. The van der Waals surface area contributed by atoms with Crippen LogP contribution in [0.3, 0.4) is 0 Å². The molecule has 1 aliphatic heterocycles. The lowest BCUT2D eigenvalue weighted by atomic mass is 9.91. The van der Waals surface area contributed by atoms with Gasteiger partial charge in [0.25, 0.3) is 0 Å². The number of carbonyl (C=O) groups excluding carboxylic acids is 1. The number of aromatic nitrogens is 2. The lowest BCUT2D eigenvalue weighted by Gasteiger charge is -2.31. The molecular formula is C20H28N4O. The van der Waals surface area contributed by atoms with Gasteiger partial charge in [0.05, 0.1) is 0 Å². The summed E-state index contributed by atoms with van der Waals surface area (Å²) in [5.74, 6) is 1.36. The van der Waals surface area contributed by atoms with Crippen LogP contribution in [0.1, 0.15) is 37.4 Å². The number of carbonyl (C=O) groups is 1. The molecule has 0 unspecified atom stereocenters. The predicted molar refractivity (Wildman–Crippen MR) is 101 cm³/mol. The Labute approximate surface area is 150 Å². The van der Waals surface area contributed by atoms with E-state index in [0.29, 0.717) is 11.7 Å². The second-order valence-corrected chi connectivity index (χ2v) is 6.88. The van der Waals surface area contributed by atoms with E-state index in [-0.39, 0.29) is 6.03 Å². The first-order valence-corrected chi connectivity index (χ1v) is 9.28. The molecule has 1 N–H and O–H groups in total. The first kappa shape index (κ1) is 17.5. The van der Waals surface area contributed by atoms with E-state index < -0.39 is 0 Å². The summed E-state index contributed by atoms with van der Waals surface area (Å²) in [7, 11) is 1.91. The molecule has 1 aromatic heterocycles. The molecule has 0 spiro atoms. The summed E-state index contributed by atoms with van der Waals surface area (Å²) >= 11 is 0. The van der Waals surface area contributed by atoms with Crippen molar-refractivity contribution in [3.63, 3.8) is 0 Å². The first-order chi connectivity index (χ1) is 12.2. The third-order valence-corrected chi connectivity index (χ3v) is 5.16. The van der Waals surface area contributed by atoms with E-state index in [1.54, 1.807) is 0 Å². The van der Waals surface area contributed by atoms with Crippen LogP contribution in [-0.2, 0) is 19.9 Å². The van der Waals surface area contributed by atoms with E-state index in [9.17, 15) is 4.79 Å². The fourth-order valence-corrected chi connectivity index (χ4v) is 3.53. The molecule has 0 bridgehead atoms. The highest BCUT2D eigenvalue weighted by atomic mass is 16.2. The number of nitrogens with zero attached hydrogens (tertiary/aromatic N) is 3. The molecule has 25 heavy (non-hydrogen) atoms. The minimum atomic E-state index is -0.0257. The predicted octanol–water partition coefficient (Wildman–Crippen LogP) is 3.86. The second kappa shape index (κ2) is 8.19. The van der Waals surface area contributed by atoms with Crippen LogP contribution in [0.5, 0.6) is 0 Å². The van der Waals surface area contributed by atoms with Gasteiger partial charge in [0.15, 0.2) is 5.82 Å². The van der Waals surface area contributed by atoms with E-state index in [4.69, 9.17) is 0 Å². The number of urea groups is 1. The Hall–Kier alpha value is -2.30. The van der Waals surface area contributed by atoms with Gasteiger partial charge in [-0.05, 0) is 43.6 Å². The zero-order chi connectivity index (χ0) is 17.6. The number of aryl methyl sites for hydroxylation is 3. The van der Waals surface area contributed by atoms with Gasteiger partial charge in [0.1, 0.15) is 0 Å². The van der Waals surface area contributed by atoms with Crippen LogP contribution in [0.4, 0.5) is 10.6 Å². The molecule has 5 heteroatoms. The smallest absolute Gasteiger partial charge is 0.323 e. The number of hydrogen-bond acceptors (Lipinski definition) is 2. The molecule has 1 aliphatic rings. The number of anilines is 1. The van der Waals surface area contributed by atoms with Gasteiger partial charge in [0.2, 0.25) is 0 Å². The fraction of sp³-hybridized carbons (Fsp3) is 0.500. The summed E-state index contributed by atoms with van der Waals surface area (Å²) in [6, 6.07) is 12.6. The van der Waals surface area contributed by atoms with Gasteiger partial charge in [-0.3, -0.25) is 10.00 Å². The molecule has 5 nitrogen and oxygen atoms in total. The van der Waals surface area contributed by atoms with Crippen LogP contribution in [-0.4, -0.2) is 33.8 Å². The Morgan fingerprint density at radius 2 is 1.96 bits per heavy atom. The maximum Gasteiger partial charge on any atom is 0.323 e. The van der Waals surface area contributed by atoms with Crippen LogP contribution >= 0.6 is 0 Å². The van der Waals surface area contributed by atoms with Crippen LogP contribution in [0.15, 0.2) is 36.4 Å². The third kappa shape index (κ3) is 4.62. The van der Waals surface area contributed by atoms with Crippen molar-refractivity contribution in [1.29, 1.82) is 0 Å². The second-order valence-electron chi connectivity index (χ2n) is 6.88. The van der Waals surface area contributed by atoms with Gasteiger partial charge < -0.3 is 4.90 Å². The Morgan fingerprint density at radius 3 is 2.60 bits per heavy atom. The number of nitrogens with one attached hydrogen (secondary N) is 1. The van der Waals surface area contributed by atoms with Crippen LogP contribution in [0.25, 0.3) is 0 Å². The van der Waals surface area contributed by atoms with Crippen molar-refractivity contribution in [2.75, 3.05) is 18.4 Å². The summed E-state index contributed by atoms with van der Waals surface area (Å²) in [5, 5.41) is 7.29. The van der Waals surface area contributed by atoms with Crippen LogP contribution in [0, 0.1) is 5.92 Å². The highest BCUT2D eigenvalue weighted by Gasteiger charge is 2.23. The summed E-state index contributed by atoms with van der Waals surface area (Å²) in [6.07, 6.45) is 5.42. The van der Waals surface area contributed by atoms with Gasteiger partial charge >= 0.3 is 6.03 Å². The molecule has 0 aliphatic carbocycles. The highest BCUT2D eigenvalue weighted by molar-refractivity contribution is 5.88. The standard InChI is InChI=1S/C20H28N4O/c1-3-18-15-19(22-23(18)2)21-20(25)24-13-11-17(12-14-24)10-9-16-7-5-4-6-8-16/h4-8,15,17H,3,9-14H2,1-2H3,(H,21,22,25). The molecule has 1 fully saturated rings. The maximum absolute atomic E-state index is 12.4. The Bertz CT molecular complexity index is 687. The van der Waals surface area contributed by atoms with Crippen molar-refractivity contribution < 1.29 is 4.79 Å². The van der Waals surface area contributed by atoms with Crippen molar-refractivity contribution in [2.45, 2.75) is 39.0 Å². The van der Waals surface area contributed by atoms with Crippen molar-refractivity contribution in [2.24, 2.45) is 13.0 Å². The number of likely N-dealkylation sites (tertiary alicyclic amines) is 1. The van der Waals surface area contributed by atoms with Gasteiger partial charge in [-0.15, -0.1) is 0 Å². The normalized spacial score (nSPS) is 15.4. The summed E-state index contributed by atoms with van der Waals surface area (Å²) in [5.41, 5.74) is 2.53. The van der Waals surface area contributed by atoms with E-state index in [1.807, 2.05) is 22.7 Å². The van der Waals surface area contributed by atoms with Crippen molar-refractivity contribution in [3.8, 4) is 0 Å². The molecule has 2 heterocycles. The Balaban J connectivity index is 1.44. The molecule has 2 amide bonds. The van der Waals surface area contributed by atoms with Gasteiger partial charge in [-0.2, -0.15) is 5.10 Å². The molecule has 0 atom stereocenters. The highest BCUT2D eigenvalue weighted by Crippen LogP contribution is 2.23. The lowest BCUT2D eigenvalue weighted by Crippen LogP contribution is -2.41. The molecule has 3 rings (SSSR count). The Morgan fingerprint density at radius 1 is 1.24 bits per heavy atom. The quantitative estimate of drug-likeness (QED) is 0.898. The largest absolute Gasteiger partial charge is 0.324 e. The topological polar surface area (TPSA) is 50.2 Å². The lowest BCUT2D eigenvalue weighted by molar-refractivity contribution is 0.180. The summed E-state index contributed by atoms with van der Waals surface area (Å²) < 4.78 is 1.82. The zero-order valence-electron chi connectivity index (χ0n) is 15.2. The minimum absolute atomic E-state index is 0.0257. The molecule has 1 saturated heterocycles. The average Bonchev–Trinajstić information content (AvgIpc) is 3.00. The van der Waals surface area contributed by atoms with E-state index in [0.717, 1.165) is 44.5 Å². The number of hydrogen-bond donors (Lipinski definition) is 1. The van der Waals surface area contributed by atoms with E-state index >= 15 is 0 Å². The number of rotatable bonds is 5. The SMILES string of the molecule is CCc1cc(NC(=O)N2CCC(CCc3ccccc3)CC2)nn1C. The minimum Gasteiger partial charge on any atom is -0.324 e. The summed E-state index contributed by atoms with van der Waals surface area (Å²) in [4.78, 5) is 14.3. The first-order valence-electron chi connectivity index (χ1n) is 9.28. The molecule has 2 aromatic rings. The van der Waals surface area contributed by atoms with Crippen LogP contribution < -0.4 is 5.32 Å². The van der Waals surface area contributed by atoms with Crippen molar-refractivity contribution in [1.82, 2.24) is 14.7 Å². The molecule has 0 saturated carbocycles. The van der Waals surface area contributed by atoms with Gasteiger partial charge in [-0.1, -0.05) is 37.3 Å². The molecule has 1 aromatic carbocycles. The van der Waals surface area contributed by atoms with E-state index in [2.05, 4.69) is 47.7 Å². The molecule has 0 radical (unpaired) electrons. The van der Waals surface area contributed by atoms with Gasteiger partial charge in [0, 0.05) is 31.9 Å².